The average molecular weight is 593 g/mol. The second kappa shape index (κ2) is 19.7. The molecule has 230 valence electrons. The molecule has 6 N–H and O–H groups in total. The Morgan fingerprint density at radius 2 is 1.38 bits per heavy atom. The number of hydrogen-bond acceptors (Lipinski definition) is 8. The summed E-state index contributed by atoms with van der Waals surface area (Å²) in [4.78, 5) is 60.5. The first-order valence-corrected chi connectivity index (χ1v) is 13.5. The molecule has 1 fully saturated rings. The van der Waals surface area contributed by atoms with Gasteiger partial charge in [-0.1, -0.05) is 48.0 Å². The zero-order valence-corrected chi connectivity index (χ0v) is 27.2. The number of hydrogen-bond donors (Lipinski definition) is 3. The standard InChI is InChI=1S/C15H29N3O2.C13H23NO3.2H2S/c1-15(2,3)13(19)12-8-6-10-18(12)14(20)11(17)7-4-5-9-16;1-9(15)5-6-10(14)11(16)7-8-12(17)13(2,3)4;;/h11-12H,4-10,16-17H2,1-3H3;10H,5-8,14H2,1-4H3;2*1H2/t11-,12-;10-;;/m00../s1. The highest BCUT2D eigenvalue weighted by atomic mass is 32.1. The van der Waals surface area contributed by atoms with Crippen molar-refractivity contribution in [3.05, 3.63) is 0 Å². The third-order valence-corrected chi connectivity index (χ3v) is 6.52. The van der Waals surface area contributed by atoms with Gasteiger partial charge in [0.2, 0.25) is 5.91 Å². The Bertz CT molecular complexity index is 794. The fourth-order valence-corrected chi connectivity index (χ4v) is 3.96. The third-order valence-electron chi connectivity index (χ3n) is 6.52. The number of unbranched alkanes of at least 4 members (excludes halogenated alkanes) is 1. The van der Waals surface area contributed by atoms with E-state index in [1.165, 1.54) is 6.92 Å². The zero-order chi connectivity index (χ0) is 29.0. The Morgan fingerprint density at radius 1 is 0.821 bits per heavy atom. The summed E-state index contributed by atoms with van der Waals surface area (Å²) in [6.07, 6.45) is 5.12. The van der Waals surface area contributed by atoms with E-state index in [0.29, 0.717) is 32.4 Å². The van der Waals surface area contributed by atoms with E-state index in [-0.39, 0.29) is 74.9 Å². The second-order valence-electron chi connectivity index (χ2n) is 12.2. The van der Waals surface area contributed by atoms with Crippen LogP contribution in [0.2, 0.25) is 0 Å². The number of nitrogens with two attached hydrogens (primary N) is 3. The summed E-state index contributed by atoms with van der Waals surface area (Å²) in [7, 11) is 0. The lowest BCUT2D eigenvalue weighted by Crippen LogP contribution is -2.50. The molecule has 0 aromatic heterocycles. The maximum Gasteiger partial charge on any atom is 0.240 e. The summed E-state index contributed by atoms with van der Waals surface area (Å²) in [5.41, 5.74) is 16.2. The molecule has 1 aliphatic rings. The Labute approximate surface area is 250 Å². The minimum atomic E-state index is -0.619. The molecule has 39 heavy (non-hydrogen) atoms. The first kappa shape index (κ1) is 42.2. The zero-order valence-electron chi connectivity index (χ0n) is 25.2. The first-order chi connectivity index (χ1) is 16.9. The lowest BCUT2D eigenvalue weighted by molar-refractivity contribution is -0.141. The van der Waals surface area contributed by atoms with Crippen molar-refractivity contribution in [2.75, 3.05) is 13.1 Å². The molecule has 1 amide bonds. The van der Waals surface area contributed by atoms with Gasteiger partial charge >= 0.3 is 0 Å². The lowest BCUT2D eigenvalue weighted by Gasteiger charge is -2.30. The maximum atomic E-state index is 12.4. The van der Waals surface area contributed by atoms with Crippen molar-refractivity contribution in [2.45, 2.75) is 124 Å². The summed E-state index contributed by atoms with van der Waals surface area (Å²) < 4.78 is 0. The fourth-order valence-electron chi connectivity index (χ4n) is 3.96. The van der Waals surface area contributed by atoms with Crippen molar-refractivity contribution in [1.82, 2.24) is 4.90 Å². The number of nitrogens with zero attached hydrogens (tertiary/aromatic N) is 1. The van der Waals surface area contributed by atoms with Crippen molar-refractivity contribution in [3.63, 3.8) is 0 Å². The molecule has 0 aromatic rings. The number of carbonyl (C=O) groups excluding carboxylic acids is 5. The molecule has 0 spiro atoms. The van der Waals surface area contributed by atoms with E-state index in [1.54, 1.807) is 4.90 Å². The Morgan fingerprint density at radius 3 is 1.85 bits per heavy atom. The van der Waals surface area contributed by atoms with E-state index in [0.717, 1.165) is 25.7 Å². The molecule has 11 heteroatoms. The van der Waals surface area contributed by atoms with E-state index in [2.05, 4.69) is 0 Å². The highest BCUT2D eigenvalue weighted by Crippen LogP contribution is 2.27. The van der Waals surface area contributed by atoms with E-state index in [1.807, 2.05) is 41.5 Å². The largest absolute Gasteiger partial charge is 0.331 e. The molecule has 1 saturated heterocycles. The minimum Gasteiger partial charge on any atom is -0.331 e. The van der Waals surface area contributed by atoms with Crippen molar-refractivity contribution in [2.24, 2.45) is 28.0 Å². The summed E-state index contributed by atoms with van der Waals surface area (Å²) >= 11 is 0. The third kappa shape index (κ3) is 16.6. The SMILES string of the molecule is CC(=O)CC[C@H](N)C(=O)CCC(=O)C(C)(C)C.CC(C)(C)C(=O)[C@@H]1CCCN1C(=O)[C@@H](N)CCCCN.S.S. The van der Waals surface area contributed by atoms with Gasteiger partial charge in [-0.2, -0.15) is 27.0 Å². The predicted molar refractivity (Wildman–Crippen MR) is 167 cm³/mol. The van der Waals surface area contributed by atoms with E-state index in [4.69, 9.17) is 17.2 Å². The Hall–Kier alpha value is -1.27. The van der Waals surface area contributed by atoms with E-state index in [9.17, 15) is 24.0 Å². The van der Waals surface area contributed by atoms with Crippen LogP contribution in [0.15, 0.2) is 0 Å². The van der Waals surface area contributed by atoms with Crippen LogP contribution in [-0.4, -0.2) is 65.2 Å². The molecule has 1 rings (SSSR count). The van der Waals surface area contributed by atoms with Crippen LogP contribution in [-0.2, 0) is 24.0 Å². The monoisotopic (exact) mass is 592 g/mol. The Balaban J connectivity index is -0.000000641. The normalized spacial score (nSPS) is 16.6. The summed E-state index contributed by atoms with van der Waals surface area (Å²) in [5.74, 6) is 0.00659. The predicted octanol–water partition coefficient (Wildman–Crippen LogP) is 2.92. The molecular formula is C28H56N4O5S2. The molecule has 0 unspecified atom stereocenters. The van der Waals surface area contributed by atoms with Gasteiger partial charge in [-0.05, 0) is 45.6 Å². The first-order valence-electron chi connectivity index (χ1n) is 13.5. The number of rotatable bonds is 13. The average Bonchev–Trinajstić information content (AvgIpc) is 3.28. The topological polar surface area (TPSA) is 167 Å². The van der Waals surface area contributed by atoms with Crippen molar-refractivity contribution in [3.8, 4) is 0 Å². The van der Waals surface area contributed by atoms with E-state index < -0.39 is 22.9 Å². The van der Waals surface area contributed by atoms with E-state index >= 15 is 0 Å². The van der Waals surface area contributed by atoms with Crippen molar-refractivity contribution in [1.29, 1.82) is 0 Å². The highest BCUT2D eigenvalue weighted by molar-refractivity contribution is 7.59. The maximum absolute atomic E-state index is 12.4. The number of amides is 1. The highest BCUT2D eigenvalue weighted by Gasteiger charge is 2.39. The summed E-state index contributed by atoms with van der Waals surface area (Å²) in [6.45, 7) is 13.9. The van der Waals surface area contributed by atoms with Gasteiger partial charge in [0.25, 0.3) is 0 Å². The van der Waals surface area contributed by atoms with Gasteiger partial charge in [0, 0.05) is 36.6 Å². The fraction of sp³-hybridized carbons (Fsp3) is 0.821. The lowest BCUT2D eigenvalue weighted by atomic mass is 9.85. The number of likely N-dealkylation sites (tertiary alicyclic amines) is 1. The van der Waals surface area contributed by atoms with Crippen molar-refractivity contribution < 1.29 is 24.0 Å². The van der Waals surface area contributed by atoms with Crippen LogP contribution in [0.1, 0.15) is 106 Å². The van der Waals surface area contributed by atoms with Crippen LogP contribution in [0.3, 0.4) is 0 Å². The molecule has 0 saturated carbocycles. The molecular weight excluding hydrogens is 536 g/mol. The molecule has 9 nitrogen and oxygen atoms in total. The smallest absolute Gasteiger partial charge is 0.240 e. The van der Waals surface area contributed by atoms with Crippen LogP contribution in [0.4, 0.5) is 0 Å². The molecule has 0 aromatic carbocycles. The molecule has 0 radical (unpaired) electrons. The van der Waals surface area contributed by atoms with Gasteiger partial charge in [-0.3, -0.25) is 19.2 Å². The summed E-state index contributed by atoms with van der Waals surface area (Å²) in [5, 5.41) is 0. The minimum absolute atomic E-state index is 0. The number of carbonyl (C=O) groups is 5. The molecule has 1 heterocycles. The second-order valence-corrected chi connectivity index (χ2v) is 12.2. The van der Waals surface area contributed by atoms with Gasteiger partial charge in [-0.15, -0.1) is 0 Å². The molecule has 0 aliphatic carbocycles. The molecule has 1 aliphatic heterocycles. The van der Waals surface area contributed by atoms with Crippen LogP contribution in [0.25, 0.3) is 0 Å². The van der Waals surface area contributed by atoms with Gasteiger partial charge in [0.05, 0.1) is 18.1 Å². The Kier molecular flexibility index (Phi) is 21.4. The van der Waals surface area contributed by atoms with Crippen LogP contribution in [0.5, 0.6) is 0 Å². The molecule has 3 atom stereocenters. The van der Waals surface area contributed by atoms with Gasteiger partial charge < -0.3 is 26.9 Å². The summed E-state index contributed by atoms with van der Waals surface area (Å²) in [6, 6.07) is -1.41. The van der Waals surface area contributed by atoms with Crippen LogP contribution >= 0.6 is 27.0 Å². The molecule has 0 bridgehead atoms. The van der Waals surface area contributed by atoms with Crippen molar-refractivity contribution >= 4 is 56.0 Å². The number of Topliss-reactive ketones (excluding diaryl/α,β-unsaturated/α-hetero) is 4. The van der Waals surface area contributed by atoms with Crippen LogP contribution < -0.4 is 17.2 Å². The van der Waals surface area contributed by atoms with Gasteiger partial charge in [-0.25, -0.2) is 0 Å². The van der Waals surface area contributed by atoms with Gasteiger partial charge in [0.15, 0.2) is 5.78 Å². The quantitative estimate of drug-likeness (QED) is 0.274. The van der Waals surface area contributed by atoms with Gasteiger partial charge in [0.1, 0.15) is 17.3 Å². The van der Waals surface area contributed by atoms with Crippen LogP contribution in [0, 0.1) is 10.8 Å². The number of ketones is 4.